The Morgan fingerprint density at radius 3 is 3.13 bits per heavy atom. The molecule has 2 heterocycles. The second-order valence-electron chi connectivity index (χ2n) is 4.04. The standard InChI is InChI=1S/C11H10BrFN2/c1-6-2-3-10-14-11-8(13)4-7(12)5-9(11)15(6)10/h4-6H,2-3H2,1H3. The number of aryl methyl sites for hydroxylation is 1. The van der Waals surface area contributed by atoms with Crippen LogP contribution in [0.2, 0.25) is 0 Å². The number of rotatable bonds is 0. The maximum atomic E-state index is 13.6. The second kappa shape index (κ2) is 3.04. The van der Waals surface area contributed by atoms with E-state index in [2.05, 4.69) is 32.4 Å². The smallest absolute Gasteiger partial charge is 0.152 e. The van der Waals surface area contributed by atoms with Crippen LogP contribution in [0, 0.1) is 5.82 Å². The highest BCUT2D eigenvalue weighted by Crippen LogP contribution is 2.32. The Balaban J connectivity index is 2.41. The predicted octanol–water partition coefficient (Wildman–Crippen LogP) is 3.45. The van der Waals surface area contributed by atoms with Gasteiger partial charge in [-0.15, -0.1) is 0 Å². The van der Waals surface area contributed by atoms with Crippen LogP contribution in [0.3, 0.4) is 0 Å². The van der Waals surface area contributed by atoms with Crippen molar-refractivity contribution in [1.29, 1.82) is 0 Å². The molecule has 1 aromatic carbocycles. The van der Waals surface area contributed by atoms with Gasteiger partial charge in [0.15, 0.2) is 5.82 Å². The lowest BCUT2D eigenvalue weighted by atomic mass is 10.2. The van der Waals surface area contributed by atoms with Crippen LogP contribution in [0.5, 0.6) is 0 Å². The highest BCUT2D eigenvalue weighted by atomic mass is 79.9. The van der Waals surface area contributed by atoms with Crippen LogP contribution in [0.4, 0.5) is 4.39 Å². The number of hydrogen-bond donors (Lipinski definition) is 0. The fourth-order valence-corrected chi connectivity index (χ4v) is 2.72. The number of imidazole rings is 1. The third-order valence-electron chi connectivity index (χ3n) is 3.01. The summed E-state index contributed by atoms with van der Waals surface area (Å²) in [7, 11) is 0. The summed E-state index contributed by atoms with van der Waals surface area (Å²) in [5.41, 5.74) is 1.40. The molecule has 1 aliphatic heterocycles. The van der Waals surface area contributed by atoms with Crippen molar-refractivity contribution >= 4 is 27.0 Å². The molecule has 0 N–H and O–H groups in total. The van der Waals surface area contributed by atoms with E-state index in [0.717, 1.165) is 28.7 Å². The fourth-order valence-electron chi connectivity index (χ4n) is 2.30. The Bertz CT molecular complexity index is 547. The van der Waals surface area contributed by atoms with E-state index in [0.29, 0.717) is 11.6 Å². The minimum absolute atomic E-state index is 0.242. The lowest BCUT2D eigenvalue weighted by Gasteiger charge is -2.07. The highest BCUT2D eigenvalue weighted by Gasteiger charge is 2.23. The van der Waals surface area contributed by atoms with Gasteiger partial charge in [0.2, 0.25) is 0 Å². The van der Waals surface area contributed by atoms with E-state index >= 15 is 0 Å². The number of halogens is 2. The third kappa shape index (κ3) is 1.24. The van der Waals surface area contributed by atoms with Crippen LogP contribution in [0.15, 0.2) is 16.6 Å². The van der Waals surface area contributed by atoms with Gasteiger partial charge in [-0.25, -0.2) is 9.37 Å². The number of hydrogen-bond acceptors (Lipinski definition) is 1. The quantitative estimate of drug-likeness (QED) is 0.716. The lowest BCUT2D eigenvalue weighted by molar-refractivity contribution is 0.595. The molecule has 0 saturated carbocycles. The van der Waals surface area contributed by atoms with Gasteiger partial charge in [0.05, 0.1) is 5.52 Å². The van der Waals surface area contributed by atoms with Gasteiger partial charge in [0, 0.05) is 16.9 Å². The Kier molecular flexibility index (Phi) is 1.89. The lowest BCUT2D eigenvalue weighted by Crippen LogP contribution is -1.98. The van der Waals surface area contributed by atoms with Crippen LogP contribution in [0.25, 0.3) is 11.0 Å². The average molecular weight is 269 g/mol. The Morgan fingerprint density at radius 1 is 1.53 bits per heavy atom. The van der Waals surface area contributed by atoms with Gasteiger partial charge in [0.25, 0.3) is 0 Å². The van der Waals surface area contributed by atoms with E-state index in [-0.39, 0.29) is 5.82 Å². The summed E-state index contributed by atoms with van der Waals surface area (Å²) in [4.78, 5) is 4.35. The molecule has 0 amide bonds. The number of aromatic nitrogens is 2. The van der Waals surface area contributed by atoms with Crippen molar-refractivity contribution in [3.05, 3.63) is 28.2 Å². The first-order valence-electron chi connectivity index (χ1n) is 5.02. The monoisotopic (exact) mass is 268 g/mol. The van der Waals surface area contributed by atoms with E-state index in [1.54, 1.807) is 0 Å². The summed E-state index contributed by atoms with van der Waals surface area (Å²) in [5, 5.41) is 0. The summed E-state index contributed by atoms with van der Waals surface area (Å²) in [5.74, 6) is 0.767. The zero-order valence-corrected chi connectivity index (χ0v) is 9.88. The van der Waals surface area contributed by atoms with Gasteiger partial charge in [0.1, 0.15) is 11.3 Å². The molecule has 1 aliphatic rings. The minimum atomic E-state index is -0.242. The molecule has 1 unspecified atom stereocenters. The molecular weight excluding hydrogens is 259 g/mol. The predicted molar refractivity (Wildman–Crippen MR) is 60.4 cm³/mol. The molecule has 3 rings (SSSR count). The first kappa shape index (κ1) is 9.33. The van der Waals surface area contributed by atoms with Gasteiger partial charge in [-0.1, -0.05) is 15.9 Å². The summed E-state index contributed by atoms with van der Waals surface area (Å²) in [6, 6.07) is 3.84. The van der Waals surface area contributed by atoms with E-state index in [1.807, 2.05) is 6.07 Å². The second-order valence-corrected chi connectivity index (χ2v) is 4.96. The van der Waals surface area contributed by atoms with Crippen LogP contribution in [0.1, 0.15) is 25.2 Å². The summed E-state index contributed by atoms with van der Waals surface area (Å²) >= 11 is 3.32. The molecule has 0 radical (unpaired) electrons. The van der Waals surface area contributed by atoms with E-state index < -0.39 is 0 Å². The normalized spacial score (nSPS) is 19.8. The molecule has 0 bridgehead atoms. The summed E-state index contributed by atoms with van der Waals surface area (Å²) in [6.45, 7) is 2.15. The van der Waals surface area contributed by atoms with Crippen molar-refractivity contribution in [2.45, 2.75) is 25.8 Å². The number of nitrogens with zero attached hydrogens (tertiary/aromatic N) is 2. The minimum Gasteiger partial charge on any atom is -0.325 e. The Hall–Kier alpha value is -0.900. The maximum absolute atomic E-state index is 13.6. The molecule has 1 atom stereocenters. The van der Waals surface area contributed by atoms with Gasteiger partial charge >= 0.3 is 0 Å². The highest BCUT2D eigenvalue weighted by molar-refractivity contribution is 9.10. The zero-order valence-electron chi connectivity index (χ0n) is 8.30. The fraction of sp³-hybridized carbons (Fsp3) is 0.364. The van der Waals surface area contributed by atoms with Gasteiger partial charge < -0.3 is 4.57 Å². The topological polar surface area (TPSA) is 17.8 Å². The molecule has 0 saturated heterocycles. The molecule has 0 spiro atoms. The zero-order chi connectivity index (χ0) is 10.6. The Morgan fingerprint density at radius 2 is 2.33 bits per heavy atom. The molecular formula is C11H10BrFN2. The first-order chi connectivity index (χ1) is 7.16. The van der Waals surface area contributed by atoms with Crippen LogP contribution < -0.4 is 0 Å². The van der Waals surface area contributed by atoms with Gasteiger partial charge in [-0.05, 0) is 25.5 Å². The molecule has 2 nitrogen and oxygen atoms in total. The van der Waals surface area contributed by atoms with Crippen molar-refractivity contribution in [3.8, 4) is 0 Å². The largest absolute Gasteiger partial charge is 0.325 e. The van der Waals surface area contributed by atoms with Crippen molar-refractivity contribution in [2.24, 2.45) is 0 Å². The van der Waals surface area contributed by atoms with Crippen molar-refractivity contribution in [1.82, 2.24) is 9.55 Å². The van der Waals surface area contributed by atoms with Crippen molar-refractivity contribution < 1.29 is 4.39 Å². The molecule has 0 fully saturated rings. The molecule has 2 aromatic rings. The van der Waals surface area contributed by atoms with E-state index in [4.69, 9.17) is 0 Å². The van der Waals surface area contributed by atoms with E-state index in [1.165, 1.54) is 6.07 Å². The van der Waals surface area contributed by atoms with Crippen LogP contribution >= 0.6 is 15.9 Å². The average Bonchev–Trinajstić information content (AvgIpc) is 2.68. The summed E-state index contributed by atoms with van der Waals surface area (Å²) in [6.07, 6.45) is 2.05. The third-order valence-corrected chi connectivity index (χ3v) is 3.47. The first-order valence-corrected chi connectivity index (χ1v) is 5.82. The van der Waals surface area contributed by atoms with Crippen molar-refractivity contribution in [3.63, 3.8) is 0 Å². The molecule has 4 heteroatoms. The van der Waals surface area contributed by atoms with Gasteiger partial charge in [-0.2, -0.15) is 0 Å². The molecule has 0 aliphatic carbocycles. The Labute approximate surface area is 95.2 Å². The molecule has 1 aromatic heterocycles. The number of benzene rings is 1. The van der Waals surface area contributed by atoms with Crippen LogP contribution in [-0.2, 0) is 6.42 Å². The van der Waals surface area contributed by atoms with Gasteiger partial charge in [-0.3, -0.25) is 0 Å². The molecule has 15 heavy (non-hydrogen) atoms. The van der Waals surface area contributed by atoms with E-state index in [9.17, 15) is 4.39 Å². The number of fused-ring (bicyclic) bond motifs is 3. The molecule has 78 valence electrons. The summed E-state index contributed by atoms with van der Waals surface area (Å²) < 4.78 is 16.5. The van der Waals surface area contributed by atoms with Crippen LogP contribution in [-0.4, -0.2) is 9.55 Å². The van der Waals surface area contributed by atoms with Crippen molar-refractivity contribution in [2.75, 3.05) is 0 Å². The SMILES string of the molecule is CC1CCc2nc3c(F)cc(Br)cc3n21. The maximum Gasteiger partial charge on any atom is 0.152 e.